The Morgan fingerprint density at radius 1 is 1.17 bits per heavy atom. The smallest absolute Gasteiger partial charge is 0.223 e. The fourth-order valence-corrected chi connectivity index (χ4v) is 2.63. The number of aromatic amines is 1. The van der Waals surface area contributed by atoms with Gasteiger partial charge in [-0.25, -0.2) is 14.6 Å². The van der Waals surface area contributed by atoms with Gasteiger partial charge in [0.1, 0.15) is 11.1 Å². The zero-order valence-electron chi connectivity index (χ0n) is 14.0. The topological polar surface area (TPSA) is 96.7 Å². The zero-order chi connectivity index (χ0) is 17.1. The van der Waals surface area contributed by atoms with Crippen LogP contribution >= 0.6 is 15.9 Å². The van der Waals surface area contributed by atoms with Crippen LogP contribution in [0.2, 0.25) is 0 Å². The molecule has 23 heavy (non-hydrogen) atoms. The Morgan fingerprint density at radius 3 is 2.57 bits per heavy atom. The SMILES string of the molecule is CC.Cc1c[nH+]c(Cn2nnc3c(Br)nc(N)nc32)c(C)c1C. The van der Waals surface area contributed by atoms with Gasteiger partial charge in [-0.2, -0.15) is 4.98 Å². The van der Waals surface area contributed by atoms with Crippen LogP contribution in [0.1, 0.15) is 36.2 Å². The maximum atomic E-state index is 5.69. The molecule has 0 fully saturated rings. The first-order valence-corrected chi connectivity index (χ1v) is 8.26. The van der Waals surface area contributed by atoms with Crippen molar-refractivity contribution in [1.29, 1.82) is 0 Å². The van der Waals surface area contributed by atoms with Gasteiger partial charge in [-0.05, 0) is 42.3 Å². The highest BCUT2D eigenvalue weighted by Crippen LogP contribution is 2.20. The summed E-state index contributed by atoms with van der Waals surface area (Å²) in [5.74, 6) is 0.193. The molecule has 0 spiro atoms. The lowest BCUT2D eigenvalue weighted by molar-refractivity contribution is -0.392. The van der Waals surface area contributed by atoms with E-state index in [0.717, 1.165) is 5.69 Å². The molecule has 8 heteroatoms. The molecule has 7 nitrogen and oxygen atoms in total. The van der Waals surface area contributed by atoms with Gasteiger partial charge in [0.2, 0.25) is 11.6 Å². The fraction of sp³-hybridized carbons (Fsp3) is 0.400. The largest absolute Gasteiger partial charge is 0.368 e. The summed E-state index contributed by atoms with van der Waals surface area (Å²) in [6.07, 6.45) is 2.00. The Hall–Kier alpha value is -2.09. The van der Waals surface area contributed by atoms with Crippen molar-refractivity contribution in [2.24, 2.45) is 0 Å². The van der Waals surface area contributed by atoms with Crippen molar-refractivity contribution < 1.29 is 4.98 Å². The first-order chi connectivity index (χ1) is 11.0. The van der Waals surface area contributed by atoms with Gasteiger partial charge in [0, 0.05) is 11.1 Å². The number of aryl methyl sites for hydroxylation is 1. The highest BCUT2D eigenvalue weighted by Gasteiger charge is 2.17. The Balaban J connectivity index is 0.000000924. The average Bonchev–Trinajstić information content (AvgIpc) is 2.93. The minimum atomic E-state index is 0.193. The normalized spacial score (nSPS) is 10.5. The molecule has 0 aliphatic heterocycles. The van der Waals surface area contributed by atoms with Gasteiger partial charge in [0.05, 0.1) is 0 Å². The molecule has 0 aliphatic carbocycles. The quantitative estimate of drug-likeness (QED) is 0.690. The predicted octanol–water partition coefficient (Wildman–Crippen LogP) is 2.38. The fourth-order valence-electron chi connectivity index (χ4n) is 2.19. The van der Waals surface area contributed by atoms with Gasteiger partial charge in [-0.15, -0.1) is 5.10 Å². The van der Waals surface area contributed by atoms with Crippen LogP contribution in [0.4, 0.5) is 5.95 Å². The number of H-pyrrole nitrogens is 1. The summed E-state index contributed by atoms with van der Waals surface area (Å²) in [5.41, 5.74) is 11.7. The van der Waals surface area contributed by atoms with Gasteiger partial charge in [-0.3, -0.25) is 0 Å². The molecular formula is C15H21BrN7+. The van der Waals surface area contributed by atoms with Crippen LogP contribution in [0, 0.1) is 20.8 Å². The molecule has 3 N–H and O–H groups in total. The van der Waals surface area contributed by atoms with Crippen molar-refractivity contribution >= 4 is 33.0 Å². The molecule has 0 aromatic carbocycles. The van der Waals surface area contributed by atoms with E-state index in [2.05, 4.69) is 62.0 Å². The molecule has 0 unspecified atom stereocenters. The molecule has 0 atom stereocenters. The minimum absolute atomic E-state index is 0.193. The highest BCUT2D eigenvalue weighted by molar-refractivity contribution is 9.10. The zero-order valence-corrected chi connectivity index (χ0v) is 15.6. The standard InChI is InChI=1S/C13H14BrN7.C2H6/c1-6-4-16-9(8(3)7(6)2)5-21-12-10(19-20-21)11(14)17-13(15)18-12;1-2/h4H,5H2,1-3H3,(H2,15,17,18);1-2H3/p+1. The molecule has 0 bridgehead atoms. The molecule has 3 aromatic rings. The molecule has 3 heterocycles. The van der Waals surface area contributed by atoms with Crippen LogP contribution in [-0.2, 0) is 6.54 Å². The molecule has 0 amide bonds. The number of hydrogen-bond donors (Lipinski definition) is 1. The van der Waals surface area contributed by atoms with E-state index in [1.807, 2.05) is 20.0 Å². The van der Waals surface area contributed by atoms with Crippen LogP contribution in [0.3, 0.4) is 0 Å². The molecule has 0 radical (unpaired) electrons. The van der Waals surface area contributed by atoms with E-state index in [1.54, 1.807) is 4.68 Å². The molecule has 3 aromatic heterocycles. The van der Waals surface area contributed by atoms with Crippen LogP contribution in [0.25, 0.3) is 11.2 Å². The van der Waals surface area contributed by atoms with Crippen molar-refractivity contribution in [3.8, 4) is 0 Å². The summed E-state index contributed by atoms with van der Waals surface area (Å²) < 4.78 is 2.27. The first kappa shape index (κ1) is 17.3. The van der Waals surface area contributed by atoms with Crippen molar-refractivity contribution in [1.82, 2.24) is 25.0 Å². The lowest BCUT2D eigenvalue weighted by Gasteiger charge is -2.05. The van der Waals surface area contributed by atoms with E-state index in [9.17, 15) is 0 Å². The van der Waals surface area contributed by atoms with E-state index < -0.39 is 0 Å². The summed E-state index contributed by atoms with van der Waals surface area (Å²) >= 11 is 3.33. The van der Waals surface area contributed by atoms with Gasteiger partial charge in [0.25, 0.3) is 0 Å². The first-order valence-electron chi connectivity index (χ1n) is 7.47. The second-order valence-corrected chi connectivity index (χ2v) is 5.74. The highest BCUT2D eigenvalue weighted by atomic mass is 79.9. The van der Waals surface area contributed by atoms with Crippen LogP contribution in [0.5, 0.6) is 0 Å². The molecule has 0 saturated heterocycles. The van der Waals surface area contributed by atoms with Crippen molar-refractivity contribution in [3.05, 3.63) is 33.2 Å². The third-order valence-corrected chi connectivity index (χ3v) is 4.27. The van der Waals surface area contributed by atoms with Gasteiger partial charge < -0.3 is 5.73 Å². The van der Waals surface area contributed by atoms with Gasteiger partial charge in [0.15, 0.2) is 17.4 Å². The maximum Gasteiger partial charge on any atom is 0.223 e. The number of rotatable bonds is 2. The van der Waals surface area contributed by atoms with E-state index in [1.165, 1.54) is 16.7 Å². The Morgan fingerprint density at radius 2 is 1.87 bits per heavy atom. The number of nitrogens with one attached hydrogen (secondary N) is 1. The van der Waals surface area contributed by atoms with Crippen molar-refractivity contribution in [3.63, 3.8) is 0 Å². The molecule has 3 rings (SSSR count). The number of nitrogens with two attached hydrogens (primary N) is 1. The lowest BCUT2D eigenvalue weighted by Crippen LogP contribution is -2.19. The van der Waals surface area contributed by atoms with Crippen LogP contribution < -0.4 is 10.7 Å². The number of halogens is 1. The summed E-state index contributed by atoms with van der Waals surface area (Å²) in [5, 5.41) is 8.24. The Bertz CT molecular complexity index is 841. The molecule has 0 aliphatic rings. The van der Waals surface area contributed by atoms with Crippen molar-refractivity contribution in [2.45, 2.75) is 41.2 Å². The molecular weight excluding hydrogens is 358 g/mol. The van der Waals surface area contributed by atoms with Gasteiger partial charge >= 0.3 is 0 Å². The lowest BCUT2D eigenvalue weighted by atomic mass is 10.1. The number of nitrogens with zero attached hydrogens (tertiary/aromatic N) is 5. The van der Waals surface area contributed by atoms with Crippen LogP contribution in [-0.4, -0.2) is 25.0 Å². The third kappa shape index (κ3) is 3.31. The number of hydrogen-bond acceptors (Lipinski definition) is 5. The van der Waals surface area contributed by atoms with E-state index in [4.69, 9.17) is 5.73 Å². The predicted molar refractivity (Wildman–Crippen MR) is 92.9 cm³/mol. The maximum absolute atomic E-state index is 5.69. The monoisotopic (exact) mass is 378 g/mol. The molecule has 0 saturated carbocycles. The van der Waals surface area contributed by atoms with E-state index in [-0.39, 0.29) is 5.95 Å². The summed E-state index contributed by atoms with van der Waals surface area (Å²) in [6.45, 7) is 10.8. The summed E-state index contributed by atoms with van der Waals surface area (Å²) in [4.78, 5) is 11.6. The van der Waals surface area contributed by atoms with E-state index in [0.29, 0.717) is 22.3 Å². The molecule has 122 valence electrons. The number of fused-ring (bicyclic) bond motifs is 1. The second-order valence-electron chi connectivity index (χ2n) is 4.99. The number of pyridine rings is 1. The summed E-state index contributed by atoms with van der Waals surface area (Å²) in [6, 6.07) is 0. The van der Waals surface area contributed by atoms with Gasteiger partial charge in [-0.1, -0.05) is 19.1 Å². The Labute approximate surface area is 143 Å². The Kier molecular flexibility index (Phi) is 5.25. The summed E-state index contributed by atoms with van der Waals surface area (Å²) in [7, 11) is 0. The number of aromatic nitrogens is 6. The van der Waals surface area contributed by atoms with E-state index >= 15 is 0 Å². The van der Waals surface area contributed by atoms with Crippen molar-refractivity contribution in [2.75, 3.05) is 5.73 Å². The van der Waals surface area contributed by atoms with Crippen LogP contribution in [0.15, 0.2) is 10.8 Å². The third-order valence-electron chi connectivity index (χ3n) is 3.72. The number of anilines is 1. The number of nitrogen functional groups attached to an aromatic ring is 1. The minimum Gasteiger partial charge on any atom is -0.368 e. The second kappa shape index (κ2) is 6.99. The average molecular weight is 379 g/mol.